The molecule has 0 aliphatic carbocycles. The van der Waals surface area contributed by atoms with Crippen LogP contribution in [0.5, 0.6) is 0 Å². The summed E-state index contributed by atoms with van der Waals surface area (Å²) in [5.41, 5.74) is 8.06. The number of allylic oxidation sites excluding steroid dienone is 1. The highest BCUT2D eigenvalue weighted by molar-refractivity contribution is 5.86. The lowest BCUT2D eigenvalue weighted by atomic mass is 10.2. The molecule has 0 radical (unpaired) electrons. The van der Waals surface area contributed by atoms with E-state index in [4.69, 9.17) is 4.98 Å². The maximum Gasteiger partial charge on any atom is 0.142 e. The number of hydrogen-bond acceptors (Lipinski definition) is 3. The van der Waals surface area contributed by atoms with Crippen molar-refractivity contribution < 1.29 is 4.79 Å². The van der Waals surface area contributed by atoms with Crippen molar-refractivity contribution in [3.8, 4) is 0 Å². The van der Waals surface area contributed by atoms with E-state index in [9.17, 15) is 4.79 Å². The predicted octanol–water partition coefficient (Wildman–Crippen LogP) is 4.87. The number of carbonyl (C=O) groups is 1. The molecule has 2 aliphatic heterocycles. The Morgan fingerprint density at radius 2 is 1.32 bits per heavy atom. The molecule has 0 aromatic carbocycles. The molecule has 134 valence electrons. The van der Waals surface area contributed by atoms with Gasteiger partial charge >= 0.3 is 0 Å². The Morgan fingerprint density at radius 3 is 2.04 bits per heavy atom. The number of aromatic amines is 2. The fourth-order valence-corrected chi connectivity index (χ4v) is 3.34. The van der Waals surface area contributed by atoms with E-state index in [0.717, 1.165) is 56.7 Å². The van der Waals surface area contributed by atoms with Crippen molar-refractivity contribution in [2.75, 3.05) is 0 Å². The van der Waals surface area contributed by atoms with Gasteiger partial charge in [-0.2, -0.15) is 0 Å². The number of nitrogens with one attached hydrogen (secondary N) is 2. The number of rotatable bonds is 2. The molecule has 3 aromatic rings. The van der Waals surface area contributed by atoms with Crippen molar-refractivity contribution in [2.45, 2.75) is 0 Å². The molecule has 5 heteroatoms. The van der Waals surface area contributed by atoms with Crippen LogP contribution in [0.15, 0.2) is 48.5 Å². The normalized spacial score (nSPS) is 12.7. The second-order valence-corrected chi connectivity index (χ2v) is 6.59. The van der Waals surface area contributed by atoms with Crippen molar-refractivity contribution in [3.05, 3.63) is 76.9 Å². The fraction of sp³-hybridized carbons (Fsp3) is 0. The zero-order valence-corrected chi connectivity index (χ0v) is 14.9. The summed E-state index contributed by atoms with van der Waals surface area (Å²) in [5.74, 6) is 0. The van der Waals surface area contributed by atoms with Crippen LogP contribution < -0.4 is 0 Å². The Labute approximate surface area is 160 Å². The minimum Gasteiger partial charge on any atom is -0.355 e. The van der Waals surface area contributed by atoms with Crippen molar-refractivity contribution in [2.24, 2.45) is 0 Å². The highest BCUT2D eigenvalue weighted by atomic mass is 16.1. The first-order valence-corrected chi connectivity index (χ1v) is 8.96. The van der Waals surface area contributed by atoms with Gasteiger partial charge in [-0.15, -0.1) is 0 Å². The van der Waals surface area contributed by atoms with Crippen LogP contribution in [0.25, 0.3) is 52.4 Å². The number of aromatic nitrogens is 4. The molecule has 2 aliphatic rings. The van der Waals surface area contributed by atoms with Gasteiger partial charge in [0.25, 0.3) is 0 Å². The summed E-state index contributed by atoms with van der Waals surface area (Å²) in [4.78, 5) is 27.0. The zero-order chi connectivity index (χ0) is 18.9. The first-order chi connectivity index (χ1) is 13.8. The molecule has 0 saturated heterocycles. The zero-order valence-electron chi connectivity index (χ0n) is 14.9. The van der Waals surface area contributed by atoms with Gasteiger partial charge in [0, 0.05) is 27.6 Å². The highest BCUT2D eigenvalue weighted by Crippen LogP contribution is 2.22. The van der Waals surface area contributed by atoms with Crippen LogP contribution in [-0.2, 0) is 4.79 Å². The summed E-state index contributed by atoms with van der Waals surface area (Å²) in [6.45, 7) is 0. The largest absolute Gasteiger partial charge is 0.355 e. The van der Waals surface area contributed by atoms with Gasteiger partial charge in [0.2, 0.25) is 0 Å². The van der Waals surface area contributed by atoms with Crippen LogP contribution in [-0.4, -0.2) is 26.2 Å². The molecule has 8 bridgehead atoms. The Hall–Kier alpha value is -3.99. The van der Waals surface area contributed by atoms with Gasteiger partial charge in [-0.1, -0.05) is 0 Å². The molecule has 28 heavy (non-hydrogen) atoms. The van der Waals surface area contributed by atoms with E-state index in [2.05, 4.69) is 15.0 Å². The van der Waals surface area contributed by atoms with Crippen molar-refractivity contribution in [1.29, 1.82) is 0 Å². The van der Waals surface area contributed by atoms with Crippen molar-refractivity contribution in [1.82, 2.24) is 19.9 Å². The second kappa shape index (κ2) is 6.63. The van der Waals surface area contributed by atoms with Gasteiger partial charge in [-0.25, -0.2) is 9.97 Å². The van der Waals surface area contributed by atoms with E-state index >= 15 is 0 Å². The minimum absolute atomic E-state index is 0.768. The molecule has 5 heterocycles. The number of nitrogens with zero attached hydrogens (tertiary/aromatic N) is 2. The topological polar surface area (TPSA) is 74.4 Å². The Morgan fingerprint density at radius 1 is 0.714 bits per heavy atom. The van der Waals surface area contributed by atoms with Gasteiger partial charge in [0.05, 0.1) is 22.8 Å². The van der Waals surface area contributed by atoms with E-state index in [1.165, 1.54) is 6.08 Å². The first-order valence-electron chi connectivity index (χ1n) is 8.96. The monoisotopic (exact) mass is 364 g/mol. The molecule has 3 aromatic heterocycles. The second-order valence-electron chi connectivity index (χ2n) is 6.59. The van der Waals surface area contributed by atoms with Gasteiger partial charge < -0.3 is 9.97 Å². The van der Waals surface area contributed by atoms with Gasteiger partial charge in [-0.05, 0) is 78.9 Å². The predicted molar refractivity (Wildman–Crippen MR) is 114 cm³/mol. The lowest BCUT2D eigenvalue weighted by Crippen LogP contribution is -1.83. The van der Waals surface area contributed by atoms with E-state index in [-0.39, 0.29) is 0 Å². The molecule has 0 saturated carbocycles. The molecular weight excluding hydrogens is 348 g/mol. The van der Waals surface area contributed by atoms with Crippen LogP contribution in [0.4, 0.5) is 0 Å². The van der Waals surface area contributed by atoms with E-state index in [1.807, 2.05) is 66.8 Å². The molecule has 5 rings (SSSR count). The number of hydrogen-bond donors (Lipinski definition) is 2. The maximum absolute atomic E-state index is 10.9. The summed E-state index contributed by atoms with van der Waals surface area (Å²) < 4.78 is 0. The van der Waals surface area contributed by atoms with E-state index < -0.39 is 0 Å². The average molecular weight is 364 g/mol. The summed E-state index contributed by atoms with van der Waals surface area (Å²) in [7, 11) is 0. The van der Waals surface area contributed by atoms with Crippen LogP contribution in [0.1, 0.15) is 28.3 Å². The summed E-state index contributed by atoms with van der Waals surface area (Å²) in [5, 5.41) is 0. The number of aldehydes is 1. The molecule has 5 nitrogen and oxygen atoms in total. The molecule has 0 amide bonds. The highest BCUT2D eigenvalue weighted by Gasteiger charge is 2.06. The smallest absolute Gasteiger partial charge is 0.142 e. The van der Waals surface area contributed by atoms with E-state index in [1.54, 1.807) is 6.08 Å². The minimum atomic E-state index is 0.768. The van der Waals surface area contributed by atoms with Crippen LogP contribution >= 0.6 is 0 Å². The van der Waals surface area contributed by atoms with Gasteiger partial charge in [0.15, 0.2) is 0 Å². The quantitative estimate of drug-likeness (QED) is 0.347. The third-order valence-electron chi connectivity index (χ3n) is 4.60. The third kappa shape index (κ3) is 3.10. The molecular formula is C23H16N4O. The summed E-state index contributed by atoms with van der Waals surface area (Å²) >= 11 is 0. The van der Waals surface area contributed by atoms with Gasteiger partial charge in [-0.3, -0.25) is 4.79 Å². The van der Waals surface area contributed by atoms with Crippen LogP contribution in [0, 0.1) is 0 Å². The lowest BCUT2D eigenvalue weighted by Gasteiger charge is -1.95. The molecule has 0 atom stereocenters. The molecule has 0 fully saturated rings. The van der Waals surface area contributed by atoms with Crippen molar-refractivity contribution in [3.63, 3.8) is 0 Å². The Balaban J connectivity index is 1.87. The Kier molecular flexibility index (Phi) is 3.84. The molecule has 0 unspecified atom stereocenters. The standard InChI is InChI=1S/C23H16N4O/c28-11-1-2-21-22-9-7-19(26-22)13-17-5-3-15(24-17)12-16-4-6-18(25-16)14-20-8-10-23(21)27-20/h1-14,24,27H. The number of carbonyl (C=O) groups excluding carboxylic acids is 1. The van der Waals surface area contributed by atoms with Crippen LogP contribution in [0.2, 0.25) is 0 Å². The SMILES string of the molecule is O=CC=Cc1c2nc(cc3ccc(cc4nc(cc5ccc1[nH]5)C=C4)[nH]3)C=C2. The third-order valence-corrected chi connectivity index (χ3v) is 4.60. The summed E-state index contributed by atoms with van der Waals surface area (Å²) in [6, 6.07) is 14.0. The first kappa shape index (κ1) is 16.2. The molecule has 0 spiro atoms. The average Bonchev–Trinajstić information content (AvgIpc) is 3.46. The Bertz CT molecular complexity index is 1340. The number of H-pyrrole nitrogens is 2. The maximum atomic E-state index is 10.9. The summed E-state index contributed by atoms with van der Waals surface area (Å²) in [6.07, 6.45) is 11.9. The molecule has 2 N–H and O–H groups in total. The van der Waals surface area contributed by atoms with E-state index in [0.29, 0.717) is 0 Å². The van der Waals surface area contributed by atoms with Crippen LogP contribution in [0.3, 0.4) is 0 Å². The van der Waals surface area contributed by atoms with Crippen molar-refractivity contribution >= 4 is 58.7 Å². The lowest BCUT2D eigenvalue weighted by molar-refractivity contribution is -0.104. The van der Waals surface area contributed by atoms with Gasteiger partial charge in [0.1, 0.15) is 6.29 Å². The fourth-order valence-electron chi connectivity index (χ4n) is 3.34. The number of fused-ring (bicyclic) bond motifs is 8.